The normalized spacial score (nSPS) is 23.0. The first-order valence-electron chi connectivity index (χ1n) is 9.23. The molecule has 11 heteroatoms. The summed E-state index contributed by atoms with van der Waals surface area (Å²) in [6, 6.07) is 8.21. The van der Waals surface area contributed by atoms with E-state index in [2.05, 4.69) is 0 Å². The van der Waals surface area contributed by atoms with Crippen LogP contribution < -0.4 is 4.74 Å². The van der Waals surface area contributed by atoms with E-state index in [1.165, 1.54) is 32.4 Å². The highest BCUT2D eigenvalue weighted by molar-refractivity contribution is 7.71. The van der Waals surface area contributed by atoms with E-state index >= 15 is 0 Å². The quantitative estimate of drug-likeness (QED) is 0.257. The Morgan fingerprint density at radius 1 is 1.29 bits per heavy atom. The van der Waals surface area contributed by atoms with E-state index in [-0.39, 0.29) is 10.5 Å². The topological polar surface area (TPSA) is 109 Å². The van der Waals surface area contributed by atoms with Crippen LogP contribution in [0.5, 0.6) is 5.75 Å². The van der Waals surface area contributed by atoms with E-state index in [1.807, 2.05) is 0 Å². The lowest BCUT2D eigenvalue weighted by atomic mass is 9.84. The van der Waals surface area contributed by atoms with Gasteiger partial charge in [-0.25, -0.2) is 0 Å². The standard InChI is InChI=1S/C20H19ClN2O7S/c1-20(18(27-2)28-3)17(24)16(12-9-11(23(25)26)5-7-14(12)30-20)22-13-8-10(21)4-6-15(13)29-19(22)31/h4-9,16-18,24H,1-3H3/t16-,17+,20+/m0/s1. The molecular formula is C20H19ClN2O7S. The van der Waals surface area contributed by atoms with Crippen LogP contribution in [0.3, 0.4) is 0 Å². The van der Waals surface area contributed by atoms with Crippen LogP contribution in [0.4, 0.5) is 5.69 Å². The highest BCUT2D eigenvalue weighted by Gasteiger charge is 2.53. The number of nitro groups is 1. The molecule has 0 aliphatic carbocycles. The van der Waals surface area contributed by atoms with Gasteiger partial charge in [-0.05, 0) is 43.4 Å². The maximum atomic E-state index is 11.5. The number of nitrogens with zero attached hydrogens (tertiary/aromatic N) is 2. The van der Waals surface area contributed by atoms with Gasteiger partial charge in [-0.2, -0.15) is 0 Å². The average Bonchev–Trinajstić information content (AvgIpc) is 3.04. The SMILES string of the molecule is COC(OC)[C@]1(C)Oc2ccc([N+](=O)[O-])cc2[C@H](n2c(=S)oc3ccc(Cl)cc32)[C@H]1O. The minimum absolute atomic E-state index is 0.0643. The summed E-state index contributed by atoms with van der Waals surface area (Å²) in [5, 5.41) is 23.4. The first-order chi connectivity index (χ1) is 14.7. The molecule has 1 aliphatic heterocycles. The van der Waals surface area contributed by atoms with Crippen LogP contribution in [0.2, 0.25) is 5.02 Å². The van der Waals surface area contributed by atoms with Crippen molar-refractivity contribution in [3.63, 3.8) is 0 Å². The van der Waals surface area contributed by atoms with Crippen LogP contribution in [0.1, 0.15) is 18.5 Å². The van der Waals surface area contributed by atoms with Crippen molar-refractivity contribution in [2.24, 2.45) is 0 Å². The molecule has 1 aliphatic rings. The molecule has 4 rings (SSSR count). The molecule has 0 radical (unpaired) electrons. The Morgan fingerprint density at radius 3 is 2.65 bits per heavy atom. The van der Waals surface area contributed by atoms with E-state index in [1.54, 1.807) is 29.7 Å². The summed E-state index contributed by atoms with van der Waals surface area (Å²) in [7, 11) is 2.85. The second-order valence-corrected chi connectivity index (χ2v) is 8.09. The molecule has 0 amide bonds. The summed E-state index contributed by atoms with van der Waals surface area (Å²) in [6.07, 6.45) is -2.25. The Labute approximate surface area is 186 Å². The van der Waals surface area contributed by atoms with E-state index in [9.17, 15) is 15.2 Å². The number of halogens is 1. The number of hydrogen-bond donors (Lipinski definition) is 1. The molecular weight excluding hydrogens is 448 g/mol. The fraction of sp³-hybridized carbons (Fsp3) is 0.350. The van der Waals surface area contributed by atoms with Gasteiger partial charge < -0.3 is 23.7 Å². The first kappa shape index (κ1) is 21.7. The van der Waals surface area contributed by atoms with Crippen LogP contribution in [0.25, 0.3) is 11.1 Å². The molecule has 3 aromatic rings. The number of nitro benzene ring substituents is 1. The average molecular weight is 467 g/mol. The summed E-state index contributed by atoms with van der Waals surface area (Å²) in [6.45, 7) is 1.63. The van der Waals surface area contributed by atoms with E-state index in [0.29, 0.717) is 27.4 Å². The molecule has 2 heterocycles. The number of aliphatic hydroxyl groups is 1. The summed E-state index contributed by atoms with van der Waals surface area (Å²) < 4.78 is 24.2. The van der Waals surface area contributed by atoms with Gasteiger partial charge in [0.2, 0.25) is 0 Å². The fourth-order valence-electron chi connectivity index (χ4n) is 4.06. The van der Waals surface area contributed by atoms with Crippen molar-refractivity contribution >= 4 is 40.6 Å². The van der Waals surface area contributed by atoms with Crippen LogP contribution >= 0.6 is 23.8 Å². The second kappa shape index (κ2) is 7.88. The van der Waals surface area contributed by atoms with Gasteiger partial charge in [0.05, 0.1) is 16.5 Å². The number of aliphatic hydroxyl groups excluding tert-OH is 1. The molecule has 3 atom stereocenters. The van der Waals surface area contributed by atoms with Crippen molar-refractivity contribution in [3.05, 3.63) is 61.9 Å². The van der Waals surface area contributed by atoms with E-state index < -0.39 is 29.0 Å². The number of non-ortho nitro benzene ring substituents is 1. The molecule has 164 valence electrons. The van der Waals surface area contributed by atoms with Gasteiger partial charge in [0, 0.05) is 36.9 Å². The van der Waals surface area contributed by atoms with Gasteiger partial charge in [-0.15, -0.1) is 0 Å². The highest BCUT2D eigenvalue weighted by atomic mass is 35.5. The minimum Gasteiger partial charge on any atom is -0.479 e. The first-order valence-corrected chi connectivity index (χ1v) is 10.0. The Balaban J connectivity index is 2.03. The van der Waals surface area contributed by atoms with Crippen LogP contribution in [0, 0.1) is 15.0 Å². The minimum atomic E-state index is -1.38. The van der Waals surface area contributed by atoms with Gasteiger partial charge >= 0.3 is 0 Å². The lowest BCUT2D eigenvalue weighted by Crippen LogP contribution is -2.60. The lowest BCUT2D eigenvalue weighted by molar-refractivity contribution is -0.385. The maximum absolute atomic E-state index is 11.5. The van der Waals surface area contributed by atoms with Gasteiger partial charge in [-0.3, -0.25) is 14.7 Å². The number of fused-ring (bicyclic) bond motifs is 2. The third kappa shape index (κ3) is 3.40. The van der Waals surface area contributed by atoms with Crippen molar-refractivity contribution in [1.29, 1.82) is 0 Å². The number of hydrogen-bond acceptors (Lipinski definition) is 8. The van der Waals surface area contributed by atoms with Crippen LogP contribution in [-0.2, 0) is 9.47 Å². The van der Waals surface area contributed by atoms with Gasteiger partial charge in [0.15, 0.2) is 17.5 Å². The Hall–Kier alpha value is -2.50. The third-order valence-electron chi connectivity index (χ3n) is 5.49. The Bertz CT molecular complexity index is 1220. The van der Waals surface area contributed by atoms with Gasteiger partial charge in [0.25, 0.3) is 10.5 Å². The zero-order valence-electron chi connectivity index (χ0n) is 16.8. The van der Waals surface area contributed by atoms with Gasteiger partial charge in [-0.1, -0.05) is 11.6 Å². The van der Waals surface area contributed by atoms with Crippen LogP contribution in [-0.4, -0.2) is 46.8 Å². The van der Waals surface area contributed by atoms with Crippen molar-refractivity contribution in [2.75, 3.05) is 14.2 Å². The molecule has 2 aromatic carbocycles. The molecule has 1 N–H and O–H groups in total. The molecule has 9 nitrogen and oxygen atoms in total. The molecule has 1 aromatic heterocycles. The number of benzene rings is 2. The number of aromatic nitrogens is 1. The van der Waals surface area contributed by atoms with Crippen LogP contribution in [0.15, 0.2) is 40.8 Å². The molecule has 31 heavy (non-hydrogen) atoms. The number of oxazole rings is 1. The van der Waals surface area contributed by atoms with Crippen molar-refractivity contribution < 1.29 is 28.7 Å². The Kier molecular flexibility index (Phi) is 5.52. The summed E-state index contributed by atoms with van der Waals surface area (Å²) in [5.41, 5.74) is -0.195. The molecule has 0 fully saturated rings. The predicted octanol–water partition coefficient (Wildman–Crippen LogP) is 4.25. The number of methoxy groups -OCH3 is 2. The van der Waals surface area contributed by atoms with E-state index in [0.717, 1.165) is 0 Å². The van der Waals surface area contributed by atoms with Crippen molar-refractivity contribution in [3.8, 4) is 5.75 Å². The van der Waals surface area contributed by atoms with Gasteiger partial charge in [0.1, 0.15) is 11.9 Å². The summed E-state index contributed by atoms with van der Waals surface area (Å²) >= 11 is 11.6. The number of ether oxygens (including phenoxy) is 3. The molecule has 0 unspecified atom stereocenters. The smallest absolute Gasteiger partial charge is 0.270 e. The Morgan fingerprint density at radius 2 is 2.00 bits per heavy atom. The van der Waals surface area contributed by atoms with Crippen molar-refractivity contribution in [2.45, 2.75) is 31.0 Å². The summed E-state index contributed by atoms with van der Waals surface area (Å²) in [5.74, 6) is 0.320. The maximum Gasteiger partial charge on any atom is 0.270 e. The monoisotopic (exact) mass is 466 g/mol. The van der Waals surface area contributed by atoms with Crippen molar-refractivity contribution in [1.82, 2.24) is 4.57 Å². The summed E-state index contributed by atoms with van der Waals surface area (Å²) in [4.78, 5) is 11.0. The van der Waals surface area contributed by atoms with E-state index in [4.69, 9.17) is 42.4 Å². The fourth-order valence-corrected chi connectivity index (χ4v) is 4.52. The lowest BCUT2D eigenvalue weighted by Gasteiger charge is -2.46. The second-order valence-electron chi connectivity index (χ2n) is 7.31. The zero-order chi connectivity index (χ0) is 22.5. The zero-order valence-corrected chi connectivity index (χ0v) is 18.3. The number of rotatable bonds is 5. The molecule has 0 saturated heterocycles. The molecule has 0 spiro atoms. The largest absolute Gasteiger partial charge is 0.479 e. The molecule has 0 saturated carbocycles. The highest BCUT2D eigenvalue weighted by Crippen LogP contribution is 2.46. The predicted molar refractivity (Wildman–Crippen MR) is 114 cm³/mol. The molecule has 0 bridgehead atoms. The third-order valence-corrected chi connectivity index (χ3v) is 6.00.